The largest absolute Gasteiger partial charge is 0.481 e. The molecule has 1 amide bonds. The van der Waals surface area contributed by atoms with Gasteiger partial charge < -0.3 is 10.0 Å². The van der Waals surface area contributed by atoms with E-state index in [1.807, 2.05) is 0 Å². The Balaban J connectivity index is 3.09. The van der Waals surface area contributed by atoms with Crippen molar-refractivity contribution in [3.05, 3.63) is 16.3 Å². The SMILES string of the molecule is CCN(CCC(=O)O)C(=O)c1sccc1S(=O)(=O)N(C)C. The van der Waals surface area contributed by atoms with E-state index in [0.29, 0.717) is 6.54 Å². The predicted octanol–water partition coefficient (Wildman–Crippen LogP) is 0.935. The molecule has 7 nitrogen and oxygen atoms in total. The summed E-state index contributed by atoms with van der Waals surface area (Å²) in [6.07, 6.45) is -0.180. The second-order valence-corrected chi connectivity index (χ2v) is 7.47. The van der Waals surface area contributed by atoms with Gasteiger partial charge in [-0.15, -0.1) is 11.3 Å². The second-order valence-electron chi connectivity index (χ2n) is 4.43. The molecule has 9 heteroatoms. The summed E-state index contributed by atoms with van der Waals surface area (Å²) < 4.78 is 25.4. The van der Waals surface area contributed by atoms with Crippen molar-refractivity contribution in [3.63, 3.8) is 0 Å². The Morgan fingerprint density at radius 2 is 1.95 bits per heavy atom. The molecule has 0 saturated heterocycles. The van der Waals surface area contributed by atoms with Gasteiger partial charge in [0.2, 0.25) is 10.0 Å². The van der Waals surface area contributed by atoms with Gasteiger partial charge in [-0.05, 0) is 18.4 Å². The number of hydrogen-bond donors (Lipinski definition) is 1. The Labute approximate surface area is 127 Å². The van der Waals surface area contributed by atoms with Gasteiger partial charge in [0.15, 0.2) is 0 Å². The molecular weight excluding hydrogens is 316 g/mol. The Kier molecular flexibility index (Phi) is 5.87. The molecule has 0 atom stereocenters. The van der Waals surface area contributed by atoms with Crippen LogP contribution in [0.15, 0.2) is 16.3 Å². The third-order valence-electron chi connectivity index (χ3n) is 2.85. The third kappa shape index (κ3) is 4.02. The van der Waals surface area contributed by atoms with E-state index in [2.05, 4.69) is 0 Å². The Morgan fingerprint density at radius 3 is 2.43 bits per heavy atom. The fourth-order valence-corrected chi connectivity index (χ4v) is 3.89. The van der Waals surface area contributed by atoms with Gasteiger partial charge in [0.25, 0.3) is 5.91 Å². The molecule has 1 aromatic rings. The molecule has 0 fully saturated rings. The lowest BCUT2D eigenvalue weighted by Crippen LogP contribution is -2.34. The van der Waals surface area contributed by atoms with Crippen LogP contribution < -0.4 is 0 Å². The van der Waals surface area contributed by atoms with Gasteiger partial charge in [-0.2, -0.15) is 0 Å². The number of carboxylic acids is 1. The zero-order valence-electron chi connectivity index (χ0n) is 12.1. The molecule has 0 spiro atoms. The standard InChI is InChI=1S/C12H18N2O5S2/c1-4-14(7-5-10(15)16)12(17)11-9(6-8-20-11)21(18,19)13(2)3/h6,8H,4-5,7H2,1-3H3,(H,15,16). The van der Waals surface area contributed by atoms with Crippen molar-refractivity contribution in [2.24, 2.45) is 0 Å². The summed E-state index contributed by atoms with van der Waals surface area (Å²) in [7, 11) is -0.918. The van der Waals surface area contributed by atoms with Crippen molar-refractivity contribution >= 4 is 33.2 Å². The first kappa shape index (κ1) is 17.6. The molecule has 0 unspecified atom stereocenters. The van der Waals surface area contributed by atoms with Crippen molar-refractivity contribution in [2.75, 3.05) is 27.2 Å². The summed E-state index contributed by atoms with van der Waals surface area (Å²) in [5.74, 6) is -1.47. The van der Waals surface area contributed by atoms with E-state index in [4.69, 9.17) is 5.11 Å². The van der Waals surface area contributed by atoms with Crippen LogP contribution in [0.5, 0.6) is 0 Å². The van der Waals surface area contributed by atoms with Crippen molar-refractivity contribution in [1.82, 2.24) is 9.21 Å². The number of aliphatic carboxylic acids is 1. The number of carboxylic acid groups (broad SMARTS) is 1. The molecule has 0 aliphatic heterocycles. The van der Waals surface area contributed by atoms with Crippen LogP contribution in [0.2, 0.25) is 0 Å². The summed E-state index contributed by atoms with van der Waals surface area (Å²) in [6.45, 7) is 2.07. The number of thiophene rings is 1. The minimum atomic E-state index is -3.70. The lowest BCUT2D eigenvalue weighted by Gasteiger charge is -2.20. The Bertz CT molecular complexity index is 621. The van der Waals surface area contributed by atoms with Gasteiger partial charge in [0, 0.05) is 27.2 Å². The molecule has 0 aliphatic rings. The lowest BCUT2D eigenvalue weighted by molar-refractivity contribution is -0.137. The molecule has 21 heavy (non-hydrogen) atoms. The summed E-state index contributed by atoms with van der Waals surface area (Å²) in [5.41, 5.74) is 0. The predicted molar refractivity (Wildman–Crippen MR) is 79.0 cm³/mol. The van der Waals surface area contributed by atoms with E-state index >= 15 is 0 Å². The van der Waals surface area contributed by atoms with E-state index in [1.165, 1.54) is 30.4 Å². The number of carbonyl (C=O) groups is 2. The van der Waals surface area contributed by atoms with E-state index in [0.717, 1.165) is 15.6 Å². The van der Waals surface area contributed by atoms with Gasteiger partial charge in [0.1, 0.15) is 9.77 Å². The number of sulfonamides is 1. The molecule has 0 aromatic carbocycles. The van der Waals surface area contributed by atoms with Gasteiger partial charge in [-0.3, -0.25) is 9.59 Å². The first-order valence-corrected chi connectivity index (χ1v) is 8.54. The Hall–Kier alpha value is -1.45. The zero-order valence-corrected chi connectivity index (χ0v) is 13.7. The van der Waals surface area contributed by atoms with E-state index in [-0.39, 0.29) is 22.7 Å². The highest BCUT2D eigenvalue weighted by Crippen LogP contribution is 2.25. The maximum Gasteiger partial charge on any atom is 0.305 e. The highest BCUT2D eigenvalue weighted by atomic mass is 32.2. The van der Waals surface area contributed by atoms with Gasteiger partial charge >= 0.3 is 5.97 Å². The molecule has 1 heterocycles. The summed E-state index contributed by atoms with van der Waals surface area (Å²) >= 11 is 1.04. The summed E-state index contributed by atoms with van der Waals surface area (Å²) in [5, 5.41) is 10.2. The number of hydrogen-bond acceptors (Lipinski definition) is 5. The third-order valence-corrected chi connectivity index (χ3v) is 5.74. The second kappa shape index (κ2) is 7.01. The molecule has 0 bridgehead atoms. The number of amides is 1. The molecule has 1 aromatic heterocycles. The summed E-state index contributed by atoms with van der Waals surface area (Å²) in [6, 6.07) is 1.39. The quantitative estimate of drug-likeness (QED) is 0.800. The van der Waals surface area contributed by atoms with Crippen LogP contribution >= 0.6 is 11.3 Å². The van der Waals surface area contributed by atoms with Crippen LogP contribution in [0.3, 0.4) is 0 Å². The van der Waals surface area contributed by atoms with Gasteiger partial charge in [-0.25, -0.2) is 12.7 Å². The zero-order chi connectivity index (χ0) is 16.2. The van der Waals surface area contributed by atoms with Crippen LogP contribution in [0.25, 0.3) is 0 Å². The molecule has 118 valence electrons. The van der Waals surface area contributed by atoms with Crippen LogP contribution in [0, 0.1) is 0 Å². The minimum absolute atomic E-state index is 0.0451. The highest BCUT2D eigenvalue weighted by Gasteiger charge is 2.28. The number of rotatable bonds is 7. The normalized spacial score (nSPS) is 11.6. The fraction of sp³-hybridized carbons (Fsp3) is 0.500. The van der Waals surface area contributed by atoms with E-state index < -0.39 is 21.9 Å². The molecular formula is C12H18N2O5S2. The molecule has 0 aliphatic carbocycles. The maximum absolute atomic E-state index is 12.4. The van der Waals surface area contributed by atoms with Crippen LogP contribution in [0.1, 0.15) is 23.0 Å². The Morgan fingerprint density at radius 1 is 1.33 bits per heavy atom. The topological polar surface area (TPSA) is 95.0 Å². The molecule has 0 saturated carbocycles. The van der Waals surface area contributed by atoms with E-state index in [9.17, 15) is 18.0 Å². The van der Waals surface area contributed by atoms with Gasteiger partial charge in [-0.1, -0.05) is 0 Å². The van der Waals surface area contributed by atoms with E-state index in [1.54, 1.807) is 6.92 Å². The van der Waals surface area contributed by atoms with Crippen LogP contribution in [-0.4, -0.2) is 61.8 Å². The van der Waals surface area contributed by atoms with Gasteiger partial charge in [0.05, 0.1) is 6.42 Å². The molecule has 1 rings (SSSR count). The van der Waals surface area contributed by atoms with Crippen LogP contribution in [-0.2, 0) is 14.8 Å². The van der Waals surface area contributed by atoms with Crippen molar-refractivity contribution in [2.45, 2.75) is 18.2 Å². The lowest BCUT2D eigenvalue weighted by atomic mass is 10.3. The minimum Gasteiger partial charge on any atom is -0.481 e. The fourth-order valence-electron chi connectivity index (χ4n) is 1.63. The molecule has 1 N–H and O–H groups in total. The summed E-state index contributed by atoms with van der Waals surface area (Å²) in [4.78, 5) is 24.4. The monoisotopic (exact) mass is 334 g/mol. The molecule has 0 radical (unpaired) electrons. The number of carbonyl (C=O) groups excluding carboxylic acids is 1. The first-order valence-electron chi connectivity index (χ1n) is 6.22. The van der Waals surface area contributed by atoms with Crippen molar-refractivity contribution in [3.8, 4) is 0 Å². The maximum atomic E-state index is 12.4. The van der Waals surface area contributed by atoms with Crippen LogP contribution in [0.4, 0.5) is 0 Å². The highest BCUT2D eigenvalue weighted by molar-refractivity contribution is 7.89. The average Bonchev–Trinajstić information content (AvgIpc) is 2.88. The smallest absolute Gasteiger partial charge is 0.305 e. The first-order chi connectivity index (χ1) is 9.71. The average molecular weight is 334 g/mol. The van der Waals surface area contributed by atoms with Crippen molar-refractivity contribution in [1.29, 1.82) is 0 Å². The number of nitrogens with zero attached hydrogens (tertiary/aromatic N) is 2. The van der Waals surface area contributed by atoms with Crippen molar-refractivity contribution < 1.29 is 23.1 Å².